The third-order valence-corrected chi connectivity index (χ3v) is 4.96. The molecule has 1 saturated heterocycles. The Bertz CT molecular complexity index is 1100. The molecule has 1 aromatic carbocycles. The highest BCUT2D eigenvalue weighted by Crippen LogP contribution is 2.16. The summed E-state index contributed by atoms with van der Waals surface area (Å²) >= 11 is 0. The molecule has 0 bridgehead atoms. The first-order valence-corrected chi connectivity index (χ1v) is 9.64. The fourth-order valence-corrected chi connectivity index (χ4v) is 3.83. The van der Waals surface area contributed by atoms with Gasteiger partial charge in [0, 0.05) is 13.1 Å². The van der Waals surface area contributed by atoms with Gasteiger partial charge in [0.05, 0.1) is 17.9 Å². The molecule has 0 aliphatic carbocycles. The van der Waals surface area contributed by atoms with E-state index in [1.54, 1.807) is 9.58 Å². The van der Waals surface area contributed by atoms with Crippen LogP contribution in [-0.4, -0.2) is 60.6 Å². The summed E-state index contributed by atoms with van der Waals surface area (Å²) in [4.78, 5) is 31.7. The molecule has 0 spiro atoms. The van der Waals surface area contributed by atoms with E-state index in [2.05, 4.69) is 21.4 Å². The number of ether oxygens (including phenoxy) is 1. The van der Waals surface area contributed by atoms with Crippen LogP contribution in [0.5, 0.6) is 0 Å². The van der Waals surface area contributed by atoms with Crippen molar-refractivity contribution < 1.29 is 9.53 Å². The Morgan fingerprint density at radius 1 is 1.14 bits per heavy atom. The van der Waals surface area contributed by atoms with Gasteiger partial charge in [-0.1, -0.05) is 11.3 Å². The molecule has 0 saturated carbocycles. The van der Waals surface area contributed by atoms with Gasteiger partial charge in [-0.05, 0) is 51.0 Å². The third-order valence-electron chi connectivity index (χ3n) is 4.96. The standard InChI is InChI=1S/C20H24N6O3/c1-12-5-13(2)7-16(6-12)26-19-18(22-23-26)20(28)25(11-21-19)10-17(27)24-8-14(3)29-15(4)9-24/h5-7,11,14-15H,8-10H2,1-4H3/t14-,15+. The molecule has 0 radical (unpaired) electrons. The van der Waals surface area contributed by atoms with Crippen molar-refractivity contribution in [3.05, 3.63) is 46.0 Å². The topological polar surface area (TPSA) is 95.1 Å². The summed E-state index contributed by atoms with van der Waals surface area (Å²) in [6.45, 7) is 8.79. The largest absolute Gasteiger partial charge is 0.372 e. The number of hydrogen-bond acceptors (Lipinski definition) is 6. The predicted molar refractivity (Wildman–Crippen MR) is 107 cm³/mol. The fraction of sp³-hybridized carbons (Fsp3) is 0.450. The number of benzene rings is 1. The van der Waals surface area contributed by atoms with E-state index in [1.807, 2.05) is 39.8 Å². The number of aryl methyl sites for hydroxylation is 2. The van der Waals surface area contributed by atoms with Crippen LogP contribution in [0, 0.1) is 13.8 Å². The minimum absolute atomic E-state index is 0.0299. The molecule has 1 aliphatic rings. The Morgan fingerprint density at radius 2 is 1.79 bits per heavy atom. The normalized spacial score (nSPS) is 19.7. The van der Waals surface area contributed by atoms with E-state index in [-0.39, 0.29) is 35.7 Å². The number of morpholine rings is 1. The van der Waals surface area contributed by atoms with Crippen molar-refractivity contribution in [1.29, 1.82) is 0 Å². The molecule has 2 atom stereocenters. The quantitative estimate of drug-likeness (QED) is 0.661. The summed E-state index contributed by atoms with van der Waals surface area (Å²) in [5.41, 5.74) is 3.09. The average Bonchev–Trinajstić information content (AvgIpc) is 3.07. The van der Waals surface area contributed by atoms with Crippen molar-refractivity contribution in [1.82, 2.24) is 29.4 Å². The van der Waals surface area contributed by atoms with Crippen LogP contribution in [0.2, 0.25) is 0 Å². The highest BCUT2D eigenvalue weighted by atomic mass is 16.5. The van der Waals surface area contributed by atoms with Crippen molar-refractivity contribution in [2.75, 3.05) is 13.1 Å². The molecule has 1 amide bonds. The smallest absolute Gasteiger partial charge is 0.284 e. The van der Waals surface area contributed by atoms with Crippen molar-refractivity contribution >= 4 is 17.1 Å². The van der Waals surface area contributed by atoms with Gasteiger partial charge in [0.25, 0.3) is 5.56 Å². The van der Waals surface area contributed by atoms with Gasteiger partial charge in [0.2, 0.25) is 5.91 Å². The molecule has 3 heterocycles. The maximum Gasteiger partial charge on any atom is 0.284 e. The third kappa shape index (κ3) is 3.77. The molecule has 0 unspecified atom stereocenters. The highest BCUT2D eigenvalue weighted by molar-refractivity contribution is 5.77. The molecule has 2 aromatic heterocycles. The lowest BCUT2D eigenvalue weighted by Crippen LogP contribution is -2.49. The van der Waals surface area contributed by atoms with Crippen molar-refractivity contribution in [2.24, 2.45) is 0 Å². The molecular formula is C20H24N6O3. The van der Waals surface area contributed by atoms with Gasteiger partial charge in [0.15, 0.2) is 11.2 Å². The van der Waals surface area contributed by atoms with E-state index >= 15 is 0 Å². The number of fused-ring (bicyclic) bond motifs is 1. The fourth-order valence-electron chi connectivity index (χ4n) is 3.83. The maximum atomic E-state index is 12.9. The Hall–Kier alpha value is -3.07. The summed E-state index contributed by atoms with van der Waals surface area (Å²) in [6, 6.07) is 5.97. The van der Waals surface area contributed by atoms with Gasteiger partial charge in [-0.3, -0.25) is 14.2 Å². The van der Waals surface area contributed by atoms with E-state index in [4.69, 9.17) is 4.74 Å². The van der Waals surface area contributed by atoms with Crippen LogP contribution < -0.4 is 5.56 Å². The van der Waals surface area contributed by atoms with Crippen LogP contribution >= 0.6 is 0 Å². The molecule has 1 fully saturated rings. The molecule has 9 nitrogen and oxygen atoms in total. The predicted octanol–water partition coefficient (Wildman–Crippen LogP) is 1.23. The van der Waals surface area contributed by atoms with Gasteiger partial charge in [-0.15, -0.1) is 5.10 Å². The number of carbonyl (C=O) groups is 1. The lowest BCUT2D eigenvalue weighted by molar-refractivity contribution is -0.143. The van der Waals surface area contributed by atoms with Crippen LogP contribution in [0.15, 0.2) is 29.3 Å². The Labute approximate surface area is 167 Å². The highest BCUT2D eigenvalue weighted by Gasteiger charge is 2.26. The first-order valence-electron chi connectivity index (χ1n) is 9.64. The molecule has 3 aromatic rings. The molecule has 29 heavy (non-hydrogen) atoms. The van der Waals surface area contributed by atoms with Crippen molar-refractivity contribution in [3.8, 4) is 5.69 Å². The Balaban J connectivity index is 1.64. The summed E-state index contributed by atoms with van der Waals surface area (Å²) in [5.74, 6) is -0.142. The van der Waals surface area contributed by atoms with Crippen LogP contribution in [-0.2, 0) is 16.1 Å². The van der Waals surface area contributed by atoms with Crippen LogP contribution in [0.1, 0.15) is 25.0 Å². The number of amides is 1. The first-order chi connectivity index (χ1) is 13.8. The monoisotopic (exact) mass is 396 g/mol. The van der Waals surface area contributed by atoms with Crippen molar-refractivity contribution in [3.63, 3.8) is 0 Å². The number of aromatic nitrogens is 5. The second-order valence-corrected chi connectivity index (χ2v) is 7.75. The van der Waals surface area contributed by atoms with Gasteiger partial charge < -0.3 is 9.64 Å². The lowest BCUT2D eigenvalue weighted by atomic mass is 10.1. The molecule has 1 aliphatic heterocycles. The minimum atomic E-state index is -0.381. The Morgan fingerprint density at radius 3 is 2.45 bits per heavy atom. The zero-order valence-corrected chi connectivity index (χ0v) is 17.0. The van der Waals surface area contributed by atoms with E-state index in [1.165, 1.54) is 10.9 Å². The zero-order valence-electron chi connectivity index (χ0n) is 17.0. The Kier molecular flexibility index (Phi) is 4.91. The van der Waals surface area contributed by atoms with E-state index < -0.39 is 0 Å². The van der Waals surface area contributed by atoms with E-state index in [9.17, 15) is 9.59 Å². The SMILES string of the molecule is Cc1cc(C)cc(-n2nnc3c(=O)n(CC(=O)N4C[C@@H](C)O[C@@H](C)C4)cnc32)c1. The molecule has 152 valence electrons. The van der Waals surface area contributed by atoms with Gasteiger partial charge >= 0.3 is 0 Å². The van der Waals surface area contributed by atoms with Crippen LogP contribution in [0.3, 0.4) is 0 Å². The summed E-state index contributed by atoms with van der Waals surface area (Å²) in [7, 11) is 0. The van der Waals surface area contributed by atoms with Crippen LogP contribution in [0.25, 0.3) is 16.9 Å². The molecule has 4 rings (SSSR count). The molecular weight excluding hydrogens is 372 g/mol. The average molecular weight is 396 g/mol. The zero-order chi connectivity index (χ0) is 20.7. The van der Waals surface area contributed by atoms with Crippen LogP contribution in [0.4, 0.5) is 0 Å². The number of rotatable bonds is 3. The lowest BCUT2D eigenvalue weighted by Gasteiger charge is -2.35. The van der Waals surface area contributed by atoms with Gasteiger partial charge in [0.1, 0.15) is 12.9 Å². The maximum absolute atomic E-state index is 12.9. The van der Waals surface area contributed by atoms with E-state index in [0.29, 0.717) is 18.7 Å². The summed E-state index contributed by atoms with van der Waals surface area (Å²) < 4.78 is 8.50. The number of nitrogens with zero attached hydrogens (tertiary/aromatic N) is 6. The second-order valence-electron chi connectivity index (χ2n) is 7.75. The van der Waals surface area contributed by atoms with E-state index in [0.717, 1.165) is 16.8 Å². The summed E-state index contributed by atoms with van der Waals surface area (Å²) in [5, 5.41) is 8.15. The van der Waals surface area contributed by atoms with Gasteiger partial charge in [-0.2, -0.15) is 4.68 Å². The summed E-state index contributed by atoms with van der Waals surface area (Å²) in [6.07, 6.45) is 1.33. The van der Waals surface area contributed by atoms with Crippen molar-refractivity contribution in [2.45, 2.75) is 46.4 Å². The first kappa shape index (κ1) is 19.3. The molecule has 0 N–H and O–H groups in total. The van der Waals surface area contributed by atoms with Gasteiger partial charge in [-0.25, -0.2) is 4.98 Å². The number of carbonyl (C=O) groups excluding carboxylic acids is 1. The molecule has 9 heteroatoms. The number of hydrogen-bond donors (Lipinski definition) is 0. The minimum Gasteiger partial charge on any atom is -0.372 e. The second kappa shape index (κ2) is 7.40.